The van der Waals surface area contributed by atoms with Crippen LogP contribution in [0.25, 0.3) is 0 Å². The molecule has 2 aromatic rings. The van der Waals surface area contributed by atoms with Gasteiger partial charge in [-0.15, -0.1) is 0 Å². The van der Waals surface area contributed by atoms with Gasteiger partial charge in [-0.1, -0.05) is 19.0 Å². The normalized spacial score (nSPS) is 10.8. The van der Waals surface area contributed by atoms with E-state index in [4.69, 9.17) is 4.52 Å². The number of H-pyrrole nitrogens is 1. The number of amides is 1. The number of rotatable bonds is 5. The van der Waals surface area contributed by atoms with Crippen LogP contribution in [0.15, 0.2) is 16.9 Å². The van der Waals surface area contributed by atoms with Crippen molar-refractivity contribution < 1.29 is 9.32 Å². The van der Waals surface area contributed by atoms with Crippen molar-refractivity contribution in [3.63, 3.8) is 0 Å². The lowest BCUT2D eigenvalue weighted by atomic mass is 10.2. The van der Waals surface area contributed by atoms with Crippen molar-refractivity contribution in [2.75, 3.05) is 6.54 Å². The minimum atomic E-state index is -0.174. The first-order chi connectivity index (χ1) is 8.66. The highest BCUT2D eigenvalue weighted by Crippen LogP contribution is 2.09. The quantitative estimate of drug-likeness (QED) is 0.820. The van der Waals surface area contributed by atoms with E-state index < -0.39 is 0 Å². The molecule has 7 nitrogen and oxygen atoms in total. The van der Waals surface area contributed by atoms with Crippen LogP contribution in [0.5, 0.6) is 0 Å². The molecule has 0 aliphatic carbocycles. The lowest BCUT2D eigenvalue weighted by Gasteiger charge is -1.99. The first-order valence-corrected chi connectivity index (χ1v) is 5.76. The lowest BCUT2D eigenvalue weighted by molar-refractivity contribution is 0.0953. The van der Waals surface area contributed by atoms with Crippen molar-refractivity contribution in [2.45, 2.75) is 26.2 Å². The molecule has 0 radical (unpaired) electrons. The van der Waals surface area contributed by atoms with E-state index in [0.717, 1.165) is 0 Å². The van der Waals surface area contributed by atoms with Gasteiger partial charge in [0.05, 0.1) is 11.8 Å². The maximum atomic E-state index is 11.6. The SMILES string of the molecule is CC(C)c1noc(CCNC(=O)c2cn[nH]c2)n1. The highest BCUT2D eigenvalue weighted by atomic mass is 16.5. The molecule has 2 heterocycles. The molecule has 0 aliphatic heterocycles. The number of carbonyl (C=O) groups excluding carboxylic acids is 1. The number of nitrogens with zero attached hydrogens (tertiary/aromatic N) is 3. The van der Waals surface area contributed by atoms with Crippen LogP contribution in [-0.2, 0) is 6.42 Å². The van der Waals surface area contributed by atoms with Gasteiger partial charge >= 0.3 is 0 Å². The molecule has 1 amide bonds. The van der Waals surface area contributed by atoms with E-state index in [1.165, 1.54) is 6.20 Å². The van der Waals surface area contributed by atoms with Gasteiger partial charge in [-0.2, -0.15) is 10.1 Å². The van der Waals surface area contributed by atoms with E-state index in [1.54, 1.807) is 6.20 Å². The van der Waals surface area contributed by atoms with Gasteiger partial charge in [0.25, 0.3) is 5.91 Å². The molecular weight excluding hydrogens is 234 g/mol. The van der Waals surface area contributed by atoms with Crippen molar-refractivity contribution >= 4 is 5.91 Å². The molecular formula is C11H15N5O2. The van der Waals surface area contributed by atoms with Crippen LogP contribution >= 0.6 is 0 Å². The summed E-state index contributed by atoms with van der Waals surface area (Å²) >= 11 is 0. The second kappa shape index (κ2) is 5.44. The second-order valence-electron chi connectivity index (χ2n) is 4.19. The van der Waals surface area contributed by atoms with E-state index in [1.807, 2.05) is 13.8 Å². The lowest BCUT2D eigenvalue weighted by Crippen LogP contribution is -2.25. The van der Waals surface area contributed by atoms with Gasteiger partial charge in [0.1, 0.15) is 0 Å². The van der Waals surface area contributed by atoms with Gasteiger partial charge in [-0.25, -0.2) is 0 Å². The highest BCUT2D eigenvalue weighted by molar-refractivity contribution is 5.93. The number of hydrogen-bond donors (Lipinski definition) is 2. The Hall–Kier alpha value is -2.18. The largest absolute Gasteiger partial charge is 0.351 e. The molecule has 2 aromatic heterocycles. The number of aromatic amines is 1. The van der Waals surface area contributed by atoms with Crippen molar-refractivity contribution in [3.8, 4) is 0 Å². The number of carbonyl (C=O) groups is 1. The van der Waals surface area contributed by atoms with Gasteiger partial charge in [0.2, 0.25) is 5.89 Å². The highest BCUT2D eigenvalue weighted by Gasteiger charge is 2.10. The number of hydrogen-bond acceptors (Lipinski definition) is 5. The molecule has 0 unspecified atom stereocenters. The average Bonchev–Trinajstić information content (AvgIpc) is 3.00. The Labute approximate surface area is 104 Å². The van der Waals surface area contributed by atoms with Crippen molar-refractivity contribution in [1.29, 1.82) is 0 Å². The van der Waals surface area contributed by atoms with E-state index in [2.05, 4.69) is 25.7 Å². The standard InChI is InChI=1S/C11H15N5O2/c1-7(2)10-15-9(18-16-10)3-4-12-11(17)8-5-13-14-6-8/h5-7H,3-4H2,1-2H3,(H,12,17)(H,13,14). The summed E-state index contributed by atoms with van der Waals surface area (Å²) in [5, 5.41) is 12.9. The summed E-state index contributed by atoms with van der Waals surface area (Å²) in [4.78, 5) is 15.8. The third-order valence-electron chi connectivity index (χ3n) is 2.39. The Bertz CT molecular complexity index is 503. The van der Waals surface area contributed by atoms with Gasteiger partial charge in [-0.3, -0.25) is 9.89 Å². The van der Waals surface area contributed by atoms with Gasteiger partial charge in [-0.05, 0) is 0 Å². The number of aromatic nitrogens is 4. The van der Waals surface area contributed by atoms with Crippen molar-refractivity contribution in [1.82, 2.24) is 25.7 Å². The summed E-state index contributed by atoms with van der Waals surface area (Å²) in [5.41, 5.74) is 0.503. The summed E-state index contributed by atoms with van der Waals surface area (Å²) in [7, 11) is 0. The van der Waals surface area contributed by atoms with Crippen molar-refractivity contribution in [2.24, 2.45) is 0 Å². The fourth-order valence-electron chi connectivity index (χ4n) is 1.36. The Morgan fingerprint density at radius 1 is 1.56 bits per heavy atom. The first kappa shape index (κ1) is 12.3. The van der Waals surface area contributed by atoms with Crippen LogP contribution in [0.2, 0.25) is 0 Å². The monoisotopic (exact) mass is 249 g/mol. The fourth-order valence-corrected chi connectivity index (χ4v) is 1.36. The van der Waals surface area contributed by atoms with Gasteiger partial charge in [0, 0.05) is 25.1 Å². The topological polar surface area (TPSA) is 96.7 Å². The maximum absolute atomic E-state index is 11.6. The maximum Gasteiger partial charge on any atom is 0.254 e. The van der Waals surface area contributed by atoms with Crippen LogP contribution in [0, 0.1) is 0 Å². The Balaban J connectivity index is 1.79. The van der Waals surface area contributed by atoms with Crippen molar-refractivity contribution in [3.05, 3.63) is 29.7 Å². The molecule has 0 bridgehead atoms. The molecule has 2 rings (SSSR count). The second-order valence-corrected chi connectivity index (χ2v) is 4.19. The summed E-state index contributed by atoms with van der Waals surface area (Å²) in [6.07, 6.45) is 3.53. The molecule has 96 valence electrons. The van der Waals surface area contributed by atoms with E-state index in [-0.39, 0.29) is 11.8 Å². The molecule has 0 atom stereocenters. The van der Waals surface area contributed by atoms with Crippen LogP contribution in [0.4, 0.5) is 0 Å². The minimum Gasteiger partial charge on any atom is -0.351 e. The third kappa shape index (κ3) is 2.93. The Kier molecular flexibility index (Phi) is 3.71. The predicted molar refractivity (Wildman–Crippen MR) is 63.0 cm³/mol. The molecule has 7 heteroatoms. The molecule has 0 saturated carbocycles. The zero-order valence-electron chi connectivity index (χ0n) is 10.3. The van der Waals surface area contributed by atoms with Crippen LogP contribution < -0.4 is 5.32 Å². The Morgan fingerprint density at radius 3 is 3.00 bits per heavy atom. The molecule has 0 saturated heterocycles. The summed E-state index contributed by atoms with van der Waals surface area (Å²) in [6, 6.07) is 0. The van der Waals surface area contributed by atoms with Gasteiger partial charge in [0.15, 0.2) is 5.82 Å². The first-order valence-electron chi connectivity index (χ1n) is 5.76. The average molecular weight is 249 g/mol. The van der Waals surface area contributed by atoms with E-state index in [0.29, 0.717) is 30.2 Å². The fraction of sp³-hybridized carbons (Fsp3) is 0.455. The number of nitrogens with one attached hydrogen (secondary N) is 2. The van der Waals surface area contributed by atoms with Crippen LogP contribution in [0.1, 0.15) is 41.8 Å². The zero-order chi connectivity index (χ0) is 13.0. The molecule has 0 spiro atoms. The summed E-state index contributed by atoms with van der Waals surface area (Å²) < 4.78 is 5.07. The summed E-state index contributed by atoms with van der Waals surface area (Å²) in [5.74, 6) is 1.28. The zero-order valence-corrected chi connectivity index (χ0v) is 10.3. The molecule has 0 fully saturated rings. The molecule has 2 N–H and O–H groups in total. The van der Waals surface area contributed by atoms with Gasteiger partial charge < -0.3 is 9.84 Å². The smallest absolute Gasteiger partial charge is 0.254 e. The molecule has 0 aliphatic rings. The summed E-state index contributed by atoms with van der Waals surface area (Å²) in [6.45, 7) is 4.44. The molecule has 0 aromatic carbocycles. The minimum absolute atomic E-state index is 0.174. The Morgan fingerprint density at radius 2 is 2.39 bits per heavy atom. The van der Waals surface area contributed by atoms with Crippen LogP contribution in [0.3, 0.4) is 0 Å². The van der Waals surface area contributed by atoms with Crippen LogP contribution in [-0.4, -0.2) is 32.8 Å². The third-order valence-corrected chi connectivity index (χ3v) is 2.39. The van der Waals surface area contributed by atoms with E-state index >= 15 is 0 Å². The molecule has 18 heavy (non-hydrogen) atoms. The van der Waals surface area contributed by atoms with E-state index in [9.17, 15) is 4.79 Å². The predicted octanol–water partition coefficient (Wildman–Crippen LogP) is 0.889.